The molecule has 0 spiro atoms. The molecule has 2 nitrogen and oxygen atoms in total. The molecular formula is C15H16F3NO. The average molecular weight is 283 g/mol. The predicted octanol–water partition coefficient (Wildman–Crippen LogP) is 4.47. The summed E-state index contributed by atoms with van der Waals surface area (Å²) < 4.78 is 43.0. The summed E-state index contributed by atoms with van der Waals surface area (Å²) in [6, 6.07) is 8.57. The van der Waals surface area contributed by atoms with Gasteiger partial charge in [0.05, 0.1) is 12.1 Å². The van der Waals surface area contributed by atoms with Crippen LogP contribution in [0.2, 0.25) is 0 Å². The third-order valence-corrected chi connectivity index (χ3v) is 2.88. The Morgan fingerprint density at radius 1 is 1.05 bits per heavy atom. The summed E-state index contributed by atoms with van der Waals surface area (Å²) in [5, 5.41) is 3.20. The standard InChI is InChI=1S/C15H16F3NO/c1-2-9-19-10-13-7-8-14(20-13)11-3-5-12(6-4-11)15(16,17)18/h3-8,19H,2,9-10H2,1H3. The third-order valence-electron chi connectivity index (χ3n) is 2.88. The van der Waals surface area contributed by atoms with Crippen LogP contribution in [0, 0.1) is 0 Å². The van der Waals surface area contributed by atoms with E-state index in [1.54, 1.807) is 6.07 Å². The molecule has 20 heavy (non-hydrogen) atoms. The Balaban J connectivity index is 2.08. The lowest BCUT2D eigenvalue weighted by molar-refractivity contribution is -0.137. The maximum Gasteiger partial charge on any atom is 0.416 e. The van der Waals surface area contributed by atoms with E-state index in [2.05, 4.69) is 12.2 Å². The number of hydrogen-bond donors (Lipinski definition) is 1. The molecule has 108 valence electrons. The monoisotopic (exact) mass is 283 g/mol. The smallest absolute Gasteiger partial charge is 0.416 e. The van der Waals surface area contributed by atoms with Gasteiger partial charge in [-0.05, 0) is 37.2 Å². The maximum atomic E-state index is 12.5. The topological polar surface area (TPSA) is 25.2 Å². The van der Waals surface area contributed by atoms with Crippen LogP contribution in [0.15, 0.2) is 40.8 Å². The molecule has 2 aromatic rings. The number of rotatable bonds is 5. The number of hydrogen-bond acceptors (Lipinski definition) is 2. The Morgan fingerprint density at radius 3 is 2.35 bits per heavy atom. The van der Waals surface area contributed by atoms with Crippen molar-refractivity contribution in [3.05, 3.63) is 47.7 Å². The number of benzene rings is 1. The second-order valence-electron chi connectivity index (χ2n) is 4.52. The molecule has 2 rings (SSSR count). The fourth-order valence-corrected chi connectivity index (χ4v) is 1.84. The van der Waals surface area contributed by atoms with Gasteiger partial charge >= 0.3 is 6.18 Å². The predicted molar refractivity (Wildman–Crippen MR) is 71.1 cm³/mol. The van der Waals surface area contributed by atoms with E-state index in [0.717, 1.165) is 30.9 Å². The van der Waals surface area contributed by atoms with Crippen molar-refractivity contribution in [2.75, 3.05) is 6.54 Å². The van der Waals surface area contributed by atoms with Gasteiger partial charge in [0.25, 0.3) is 0 Å². The van der Waals surface area contributed by atoms with Gasteiger partial charge in [0.2, 0.25) is 0 Å². The molecule has 0 amide bonds. The van der Waals surface area contributed by atoms with Crippen LogP contribution in [0.3, 0.4) is 0 Å². The van der Waals surface area contributed by atoms with E-state index in [0.29, 0.717) is 17.9 Å². The zero-order chi connectivity index (χ0) is 14.6. The molecule has 0 radical (unpaired) electrons. The average Bonchev–Trinajstić information content (AvgIpc) is 2.87. The molecule has 1 N–H and O–H groups in total. The van der Waals surface area contributed by atoms with Crippen molar-refractivity contribution in [2.24, 2.45) is 0 Å². The molecule has 0 bridgehead atoms. The van der Waals surface area contributed by atoms with Gasteiger partial charge in [-0.2, -0.15) is 13.2 Å². The highest BCUT2D eigenvalue weighted by atomic mass is 19.4. The van der Waals surface area contributed by atoms with Gasteiger partial charge in [0.1, 0.15) is 11.5 Å². The Kier molecular flexibility index (Phi) is 4.49. The second-order valence-corrected chi connectivity index (χ2v) is 4.52. The Bertz CT molecular complexity index is 543. The normalized spacial score (nSPS) is 11.8. The summed E-state index contributed by atoms with van der Waals surface area (Å²) in [6.07, 6.45) is -3.27. The molecule has 0 unspecified atom stereocenters. The summed E-state index contributed by atoms with van der Waals surface area (Å²) >= 11 is 0. The molecule has 0 aliphatic heterocycles. The molecule has 0 aliphatic rings. The first-order valence-corrected chi connectivity index (χ1v) is 6.48. The molecule has 1 aromatic carbocycles. The van der Waals surface area contributed by atoms with Gasteiger partial charge in [-0.3, -0.25) is 0 Å². The third kappa shape index (κ3) is 3.63. The van der Waals surface area contributed by atoms with Crippen molar-refractivity contribution in [3.63, 3.8) is 0 Å². The van der Waals surface area contributed by atoms with Crippen LogP contribution >= 0.6 is 0 Å². The molecule has 0 saturated carbocycles. The fraction of sp³-hybridized carbons (Fsp3) is 0.333. The first-order chi connectivity index (χ1) is 9.50. The lowest BCUT2D eigenvalue weighted by Crippen LogP contribution is -2.12. The number of nitrogens with one attached hydrogen (secondary N) is 1. The minimum Gasteiger partial charge on any atom is -0.460 e. The van der Waals surface area contributed by atoms with Crippen LogP contribution in [0.4, 0.5) is 13.2 Å². The Hall–Kier alpha value is -1.75. The van der Waals surface area contributed by atoms with Crippen LogP contribution in [-0.4, -0.2) is 6.54 Å². The molecule has 1 aromatic heterocycles. The van der Waals surface area contributed by atoms with Gasteiger partial charge < -0.3 is 9.73 Å². The van der Waals surface area contributed by atoms with Crippen molar-refractivity contribution >= 4 is 0 Å². The fourth-order valence-electron chi connectivity index (χ4n) is 1.84. The summed E-state index contributed by atoms with van der Waals surface area (Å²) in [5.74, 6) is 1.35. The van der Waals surface area contributed by atoms with Crippen molar-refractivity contribution in [1.29, 1.82) is 0 Å². The zero-order valence-corrected chi connectivity index (χ0v) is 11.1. The maximum absolute atomic E-state index is 12.5. The highest BCUT2D eigenvalue weighted by Crippen LogP contribution is 2.31. The molecule has 0 saturated heterocycles. The molecule has 0 fully saturated rings. The summed E-state index contributed by atoms with van der Waals surface area (Å²) in [4.78, 5) is 0. The number of halogens is 3. The van der Waals surface area contributed by atoms with Crippen molar-refractivity contribution < 1.29 is 17.6 Å². The summed E-state index contributed by atoms with van der Waals surface area (Å²) in [6.45, 7) is 3.59. The molecule has 1 heterocycles. The molecule has 0 aliphatic carbocycles. The quantitative estimate of drug-likeness (QED) is 0.819. The van der Waals surface area contributed by atoms with Gasteiger partial charge in [0.15, 0.2) is 0 Å². The van der Waals surface area contributed by atoms with E-state index in [-0.39, 0.29) is 0 Å². The van der Waals surface area contributed by atoms with Gasteiger partial charge in [0, 0.05) is 5.56 Å². The number of furan rings is 1. The first kappa shape index (κ1) is 14.7. The van der Waals surface area contributed by atoms with Gasteiger partial charge in [-0.25, -0.2) is 0 Å². The minimum absolute atomic E-state index is 0.576. The van der Waals surface area contributed by atoms with Crippen LogP contribution in [0.1, 0.15) is 24.7 Å². The highest BCUT2D eigenvalue weighted by molar-refractivity contribution is 5.58. The van der Waals surface area contributed by atoms with E-state index in [4.69, 9.17) is 4.42 Å². The van der Waals surface area contributed by atoms with E-state index in [9.17, 15) is 13.2 Å². The van der Waals surface area contributed by atoms with Crippen LogP contribution in [0.5, 0.6) is 0 Å². The largest absolute Gasteiger partial charge is 0.460 e. The van der Waals surface area contributed by atoms with E-state index >= 15 is 0 Å². The Labute approximate surface area is 115 Å². The minimum atomic E-state index is -4.31. The van der Waals surface area contributed by atoms with Crippen molar-refractivity contribution in [2.45, 2.75) is 26.1 Å². The first-order valence-electron chi connectivity index (χ1n) is 6.48. The highest BCUT2D eigenvalue weighted by Gasteiger charge is 2.30. The van der Waals surface area contributed by atoms with E-state index < -0.39 is 11.7 Å². The van der Waals surface area contributed by atoms with Crippen LogP contribution in [-0.2, 0) is 12.7 Å². The lowest BCUT2D eigenvalue weighted by Gasteiger charge is -2.06. The van der Waals surface area contributed by atoms with Crippen LogP contribution < -0.4 is 5.32 Å². The van der Waals surface area contributed by atoms with E-state index in [1.165, 1.54) is 12.1 Å². The Morgan fingerprint density at radius 2 is 1.75 bits per heavy atom. The SMILES string of the molecule is CCCNCc1ccc(-c2ccc(C(F)(F)F)cc2)o1. The molecule has 0 atom stereocenters. The summed E-state index contributed by atoms with van der Waals surface area (Å²) in [5.41, 5.74) is -0.0163. The summed E-state index contributed by atoms with van der Waals surface area (Å²) in [7, 11) is 0. The van der Waals surface area contributed by atoms with Crippen molar-refractivity contribution in [1.82, 2.24) is 5.32 Å². The second kappa shape index (κ2) is 6.13. The molecule has 5 heteroatoms. The number of alkyl halides is 3. The van der Waals surface area contributed by atoms with Crippen molar-refractivity contribution in [3.8, 4) is 11.3 Å². The lowest BCUT2D eigenvalue weighted by atomic mass is 10.1. The van der Waals surface area contributed by atoms with Gasteiger partial charge in [-0.1, -0.05) is 19.1 Å². The zero-order valence-electron chi connectivity index (χ0n) is 11.1. The molecular weight excluding hydrogens is 267 g/mol. The van der Waals surface area contributed by atoms with Gasteiger partial charge in [-0.15, -0.1) is 0 Å². The van der Waals surface area contributed by atoms with E-state index in [1.807, 2.05) is 6.07 Å². The van der Waals surface area contributed by atoms with Crippen LogP contribution in [0.25, 0.3) is 11.3 Å².